The fourth-order valence-electron chi connectivity index (χ4n) is 3.42. The molecular formula is C17H27IN4O2. The van der Waals surface area contributed by atoms with Crippen LogP contribution in [0, 0.1) is 5.41 Å². The highest BCUT2D eigenvalue weighted by Gasteiger charge is 2.42. The predicted molar refractivity (Wildman–Crippen MR) is 105 cm³/mol. The zero-order chi connectivity index (χ0) is 16.1. The molecule has 1 spiro atoms. The van der Waals surface area contributed by atoms with E-state index in [0.717, 1.165) is 44.2 Å². The lowest BCUT2D eigenvalue weighted by molar-refractivity contribution is 0.156. The van der Waals surface area contributed by atoms with Gasteiger partial charge in [-0.3, -0.25) is 4.99 Å². The zero-order valence-corrected chi connectivity index (χ0v) is 16.8. The van der Waals surface area contributed by atoms with E-state index in [1.54, 1.807) is 6.20 Å². The monoisotopic (exact) mass is 446 g/mol. The highest BCUT2D eigenvalue weighted by Crippen LogP contribution is 2.38. The third-order valence-electron chi connectivity index (χ3n) is 4.70. The Morgan fingerprint density at radius 3 is 3.08 bits per heavy atom. The second-order valence-corrected chi connectivity index (χ2v) is 6.28. The first-order valence-corrected chi connectivity index (χ1v) is 8.36. The topological polar surface area (TPSA) is 59.0 Å². The summed E-state index contributed by atoms with van der Waals surface area (Å²) < 4.78 is 11.2. The van der Waals surface area contributed by atoms with Crippen LogP contribution in [0.2, 0.25) is 0 Å². The van der Waals surface area contributed by atoms with Crippen molar-refractivity contribution in [3.8, 4) is 5.88 Å². The summed E-state index contributed by atoms with van der Waals surface area (Å²) in [5, 5.41) is 3.45. The average molecular weight is 446 g/mol. The normalized spacial score (nSPS) is 23.4. The number of likely N-dealkylation sites (tertiary alicyclic amines) is 1. The standard InChI is InChI=1S/C17H26N4O2.HI/c1-3-23-15-14(5-4-8-19-15)11-20-16(18-2)21-9-6-17(12-21)7-10-22-13-17;/h4-5,8H,3,6-7,9-13H2,1-2H3,(H,18,20);1H. The first kappa shape index (κ1) is 19.2. The molecule has 1 aromatic rings. The van der Waals surface area contributed by atoms with Crippen LogP contribution in [0.15, 0.2) is 23.3 Å². The van der Waals surface area contributed by atoms with Crippen molar-refractivity contribution in [1.29, 1.82) is 0 Å². The van der Waals surface area contributed by atoms with Crippen LogP contribution in [0.3, 0.4) is 0 Å². The molecule has 3 rings (SSSR count). The maximum Gasteiger partial charge on any atom is 0.218 e. The molecular weight excluding hydrogens is 419 g/mol. The number of hydrogen-bond acceptors (Lipinski definition) is 4. The Bertz CT molecular complexity index is 561. The third-order valence-corrected chi connectivity index (χ3v) is 4.70. The molecule has 0 amide bonds. The Hall–Kier alpha value is -1.09. The number of aromatic nitrogens is 1. The van der Waals surface area contributed by atoms with Gasteiger partial charge in [-0.2, -0.15) is 0 Å². The van der Waals surface area contributed by atoms with E-state index in [4.69, 9.17) is 9.47 Å². The summed E-state index contributed by atoms with van der Waals surface area (Å²) in [4.78, 5) is 11.1. The summed E-state index contributed by atoms with van der Waals surface area (Å²) in [7, 11) is 1.84. The average Bonchev–Trinajstić information content (AvgIpc) is 3.20. The molecule has 0 saturated carbocycles. The quantitative estimate of drug-likeness (QED) is 0.437. The van der Waals surface area contributed by atoms with Gasteiger partial charge >= 0.3 is 0 Å². The number of nitrogens with one attached hydrogen (secondary N) is 1. The van der Waals surface area contributed by atoms with Crippen LogP contribution in [0.25, 0.3) is 0 Å². The van der Waals surface area contributed by atoms with E-state index >= 15 is 0 Å². The second kappa shape index (κ2) is 8.84. The fraction of sp³-hybridized carbons (Fsp3) is 0.647. The smallest absolute Gasteiger partial charge is 0.218 e. The Kier molecular flexibility index (Phi) is 7.09. The zero-order valence-electron chi connectivity index (χ0n) is 14.5. The predicted octanol–water partition coefficient (Wildman–Crippen LogP) is 2.29. The summed E-state index contributed by atoms with van der Waals surface area (Å²) in [6.07, 6.45) is 4.11. The lowest BCUT2D eigenvalue weighted by atomic mass is 9.87. The second-order valence-electron chi connectivity index (χ2n) is 6.28. The molecule has 2 aliphatic rings. The van der Waals surface area contributed by atoms with Gasteiger partial charge in [0.15, 0.2) is 5.96 Å². The molecule has 7 heteroatoms. The number of halogens is 1. The Labute approximate surface area is 161 Å². The van der Waals surface area contributed by atoms with Crippen LogP contribution in [-0.2, 0) is 11.3 Å². The van der Waals surface area contributed by atoms with Crippen LogP contribution in [0.4, 0.5) is 0 Å². The highest BCUT2D eigenvalue weighted by molar-refractivity contribution is 14.0. The van der Waals surface area contributed by atoms with Crippen LogP contribution < -0.4 is 10.1 Å². The molecule has 24 heavy (non-hydrogen) atoms. The molecule has 1 aromatic heterocycles. The van der Waals surface area contributed by atoms with Crippen molar-refractivity contribution >= 4 is 29.9 Å². The molecule has 0 aromatic carbocycles. The van der Waals surface area contributed by atoms with Gasteiger partial charge < -0.3 is 19.7 Å². The van der Waals surface area contributed by atoms with Gasteiger partial charge in [0.25, 0.3) is 0 Å². The van der Waals surface area contributed by atoms with E-state index in [2.05, 4.69) is 20.2 Å². The number of pyridine rings is 1. The minimum absolute atomic E-state index is 0. The van der Waals surface area contributed by atoms with Gasteiger partial charge in [-0.05, 0) is 25.8 Å². The molecule has 3 heterocycles. The summed E-state index contributed by atoms with van der Waals surface area (Å²) in [6.45, 7) is 7.10. The summed E-state index contributed by atoms with van der Waals surface area (Å²) >= 11 is 0. The Balaban J connectivity index is 0.00000208. The van der Waals surface area contributed by atoms with Gasteiger partial charge in [0.2, 0.25) is 5.88 Å². The lowest BCUT2D eigenvalue weighted by Crippen LogP contribution is -2.41. The van der Waals surface area contributed by atoms with Gasteiger partial charge in [0.1, 0.15) is 0 Å². The van der Waals surface area contributed by atoms with Gasteiger partial charge in [0, 0.05) is 50.5 Å². The minimum atomic E-state index is 0. The minimum Gasteiger partial charge on any atom is -0.478 e. The highest BCUT2D eigenvalue weighted by atomic mass is 127. The molecule has 2 aliphatic heterocycles. The molecule has 6 nitrogen and oxygen atoms in total. The Morgan fingerprint density at radius 2 is 2.38 bits per heavy atom. The lowest BCUT2D eigenvalue weighted by Gasteiger charge is -2.25. The van der Waals surface area contributed by atoms with Crippen molar-refractivity contribution in [2.75, 3.05) is 40.0 Å². The van der Waals surface area contributed by atoms with Gasteiger partial charge in [-0.1, -0.05) is 6.07 Å². The SMILES string of the molecule is CCOc1ncccc1CNC(=NC)N1CCC2(CCOC2)C1.I. The molecule has 0 aliphatic carbocycles. The van der Waals surface area contributed by atoms with E-state index in [1.165, 1.54) is 6.42 Å². The maximum absolute atomic E-state index is 5.60. The Morgan fingerprint density at radius 1 is 1.50 bits per heavy atom. The number of nitrogens with zero attached hydrogens (tertiary/aromatic N) is 3. The van der Waals surface area contributed by atoms with Gasteiger partial charge in [0.05, 0.1) is 13.2 Å². The molecule has 2 fully saturated rings. The number of aliphatic imine (C=N–C) groups is 1. The molecule has 1 unspecified atom stereocenters. The molecule has 0 bridgehead atoms. The van der Waals surface area contributed by atoms with Crippen molar-refractivity contribution in [2.45, 2.75) is 26.3 Å². The van der Waals surface area contributed by atoms with Crippen molar-refractivity contribution in [1.82, 2.24) is 15.2 Å². The molecule has 0 radical (unpaired) electrons. The van der Waals surface area contributed by atoms with Crippen molar-refractivity contribution in [2.24, 2.45) is 10.4 Å². The summed E-state index contributed by atoms with van der Waals surface area (Å²) in [5.74, 6) is 1.64. The van der Waals surface area contributed by atoms with Crippen molar-refractivity contribution in [3.05, 3.63) is 23.9 Å². The van der Waals surface area contributed by atoms with Crippen molar-refractivity contribution < 1.29 is 9.47 Å². The molecule has 2 saturated heterocycles. The van der Waals surface area contributed by atoms with E-state index in [1.807, 2.05) is 26.1 Å². The van der Waals surface area contributed by atoms with Gasteiger partial charge in [-0.25, -0.2) is 4.98 Å². The maximum atomic E-state index is 5.60. The third kappa shape index (κ3) is 4.30. The summed E-state index contributed by atoms with van der Waals surface area (Å²) in [6, 6.07) is 3.97. The number of hydrogen-bond donors (Lipinski definition) is 1. The van der Waals surface area contributed by atoms with Crippen LogP contribution >= 0.6 is 24.0 Å². The van der Waals surface area contributed by atoms with E-state index < -0.39 is 0 Å². The van der Waals surface area contributed by atoms with E-state index in [0.29, 0.717) is 24.4 Å². The first-order valence-electron chi connectivity index (χ1n) is 8.36. The van der Waals surface area contributed by atoms with Crippen LogP contribution in [-0.4, -0.2) is 55.8 Å². The first-order chi connectivity index (χ1) is 11.3. The van der Waals surface area contributed by atoms with Crippen molar-refractivity contribution in [3.63, 3.8) is 0 Å². The number of rotatable bonds is 4. The molecule has 134 valence electrons. The molecule has 1 atom stereocenters. The number of ether oxygens (including phenoxy) is 2. The van der Waals surface area contributed by atoms with E-state index in [9.17, 15) is 0 Å². The number of guanidine groups is 1. The van der Waals surface area contributed by atoms with Gasteiger partial charge in [-0.15, -0.1) is 24.0 Å². The fourth-order valence-corrected chi connectivity index (χ4v) is 3.42. The summed E-state index contributed by atoms with van der Waals surface area (Å²) in [5.41, 5.74) is 1.39. The molecule has 1 N–H and O–H groups in total. The van der Waals surface area contributed by atoms with E-state index in [-0.39, 0.29) is 24.0 Å². The largest absolute Gasteiger partial charge is 0.478 e. The van der Waals surface area contributed by atoms with Crippen LogP contribution in [0.1, 0.15) is 25.3 Å². The van der Waals surface area contributed by atoms with Crippen LogP contribution in [0.5, 0.6) is 5.88 Å².